The Morgan fingerprint density at radius 1 is 1.03 bits per heavy atom. The van der Waals surface area contributed by atoms with E-state index >= 15 is 0 Å². The van der Waals surface area contributed by atoms with Crippen molar-refractivity contribution in [2.24, 2.45) is 0 Å². The molecular formula is C24H25ClN2O4. The van der Waals surface area contributed by atoms with Crippen molar-refractivity contribution in [3.05, 3.63) is 64.3 Å². The Morgan fingerprint density at radius 2 is 1.74 bits per heavy atom. The number of anilines is 1. The second-order valence-corrected chi connectivity index (χ2v) is 8.01. The first-order chi connectivity index (χ1) is 15.0. The van der Waals surface area contributed by atoms with Gasteiger partial charge in [-0.2, -0.15) is 0 Å². The molecule has 1 saturated heterocycles. The molecule has 0 unspecified atom stereocenters. The minimum absolute atomic E-state index is 0.321. The maximum atomic E-state index is 13.6. The third kappa shape index (κ3) is 4.18. The summed E-state index contributed by atoms with van der Waals surface area (Å²) in [4.78, 5) is 30.3. The van der Waals surface area contributed by atoms with Gasteiger partial charge in [-0.05, 0) is 54.8 Å². The SMILES string of the molecule is CCCOc1ccc(C2=C(N3CCOCC3)C(=O)N(c3ccc(Cl)cc3C)C2=O)cc1. The quantitative estimate of drug-likeness (QED) is 0.634. The van der Waals surface area contributed by atoms with Gasteiger partial charge in [0.25, 0.3) is 11.8 Å². The number of hydrogen-bond acceptors (Lipinski definition) is 5. The highest BCUT2D eigenvalue weighted by Gasteiger charge is 2.43. The van der Waals surface area contributed by atoms with Gasteiger partial charge in [0, 0.05) is 18.1 Å². The summed E-state index contributed by atoms with van der Waals surface area (Å²) < 4.78 is 11.1. The van der Waals surface area contributed by atoms with Crippen LogP contribution < -0.4 is 9.64 Å². The number of hydrogen-bond donors (Lipinski definition) is 0. The van der Waals surface area contributed by atoms with Crippen molar-refractivity contribution >= 4 is 34.7 Å². The van der Waals surface area contributed by atoms with E-state index in [0.717, 1.165) is 17.7 Å². The molecule has 2 aromatic rings. The molecule has 0 bridgehead atoms. The molecule has 0 atom stereocenters. The average molecular weight is 441 g/mol. The van der Waals surface area contributed by atoms with Crippen molar-refractivity contribution in [1.29, 1.82) is 0 Å². The molecule has 0 radical (unpaired) electrons. The fraction of sp³-hybridized carbons (Fsp3) is 0.333. The van der Waals surface area contributed by atoms with E-state index in [1.54, 1.807) is 18.2 Å². The molecule has 7 heteroatoms. The Labute approximate surface area is 187 Å². The van der Waals surface area contributed by atoms with Gasteiger partial charge in [-0.15, -0.1) is 0 Å². The summed E-state index contributed by atoms with van der Waals surface area (Å²) in [5.74, 6) is 0.0825. The van der Waals surface area contributed by atoms with E-state index in [2.05, 4.69) is 0 Å². The van der Waals surface area contributed by atoms with Gasteiger partial charge in [-0.25, -0.2) is 4.90 Å². The van der Waals surface area contributed by atoms with Crippen LogP contribution in [0.4, 0.5) is 5.69 Å². The Hall–Kier alpha value is -2.83. The predicted molar refractivity (Wildman–Crippen MR) is 120 cm³/mol. The van der Waals surface area contributed by atoms with Crippen molar-refractivity contribution in [2.75, 3.05) is 37.8 Å². The van der Waals surface area contributed by atoms with Gasteiger partial charge in [0.05, 0.1) is 31.1 Å². The number of benzene rings is 2. The number of rotatable bonds is 6. The maximum Gasteiger partial charge on any atom is 0.282 e. The highest BCUT2D eigenvalue weighted by molar-refractivity contribution is 6.45. The van der Waals surface area contributed by atoms with Crippen molar-refractivity contribution in [2.45, 2.75) is 20.3 Å². The van der Waals surface area contributed by atoms with Gasteiger partial charge >= 0.3 is 0 Å². The summed E-state index contributed by atoms with van der Waals surface area (Å²) in [6.07, 6.45) is 0.913. The molecule has 4 rings (SSSR count). The standard InChI is InChI=1S/C24H25ClN2O4/c1-3-12-31-19-7-4-17(5-8-19)21-22(26-10-13-30-14-11-26)24(29)27(23(21)28)20-9-6-18(25)15-16(20)2/h4-9,15H,3,10-14H2,1-2H3. The highest BCUT2D eigenvalue weighted by atomic mass is 35.5. The van der Waals surface area contributed by atoms with Crippen molar-refractivity contribution in [3.8, 4) is 5.75 Å². The van der Waals surface area contributed by atoms with Crippen LogP contribution in [0.5, 0.6) is 5.75 Å². The molecule has 2 amide bonds. The lowest BCUT2D eigenvalue weighted by atomic mass is 10.0. The summed E-state index contributed by atoms with van der Waals surface area (Å²) >= 11 is 6.09. The van der Waals surface area contributed by atoms with Gasteiger partial charge in [0.15, 0.2) is 0 Å². The second kappa shape index (κ2) is 9.12. The lowest BCUT2D eigenvalue weighted by Crippen LogP contribution is -2.40. The number of nitrogens with zero attached hydrogens (tertiary/aromatic N) is 2. The first-order valence-corrected chi connectivity index (χ1v) is 10.8. The molecule has 2 heterocycles. The lowest BCUT2D eigenvalue weighted by Gasteiger charge is -2.29. The Balaban J connectivity index is 1.76. The summed E-state index contributed by atoms with van der Waals surface area (Å²) in [7, 11) is 0. The zero-order valence-electron chi connectivity index (χ0n) is 17.7. The summed E-state index contributed by atoms with van der Waals surface area (Å²) in [6.45, 7) is 6.66. The third-order valence-corrected chi connectivity index (χ3v) is 5.64. The Kier molecular flexibility index (Phi) is 6.30. The van der Waals surface area contributed by atoms with Gasteiger partial charge < -0.3 is 14.4 Å². The van der Waals surface area contributed by atoms with Gasteiger partial charge in [0.2, 0.25) is 0 Å². The minimum atomic E-state index is -0.334. The highest BCUT2D eigenvalue weighted by Crippen LogP contribution is 2.37. The summed E-state index contributed by atoms with van der Waals surface area (Å²) in [6, 6.07) is 12.5. The number of imide groups is 1. The average Bonchev–Trinajstić information content (AvgIpc) is 3.03. The molecule has 0 spiro atoms. The van der Waals surface area contributed by atoms with Crippen LogP contribution in [0.15, 0.2) is 48.2 Å². The molecule has 6 nitrogen and oxygen atoms in total. The topological polar surface area (TPSA) is 59.1 Å². The third-order valence-electron chi connectivity index (χ3n) is 5.40. The second-order valence-electron chi connectivity index (χ2n) is 7.57. The van der Waals surface area contributed by atoms with Crippen LogP contribution in [0.3, 0.4) is 0 Å². The number of carbonyl (C=O) groups excluding carboxylic acids is 2. The van der Waals surface area contributed by atoms with Gasteiger partial charge in [-0.3, -0.25) is 9.59 Å². The van der Waals surface area contributed by atoms with Crippen LogP contribution in [0.25, 0.3) is 5.57 Å². The number of amides is 2. The number of carbonyl (C=O) groups is 2. The number of ether oxygens (including phenoxy) is 2. The molecule has 0 aromatic heterocycles. The molecule has 0 N–H and O–H groups in total. The Bertz CT molecular complexity index is 1030. The van der Waals surface area contributed by atoms with Crippen LogP contribution in [-0.4, -0.2) is 49.6 Å². The normalized spacial score (nSPS) is 17.0. The van der Waals surface area contributed by atoms with Crippen LogP contribution in [-0.2, 0) is 14.3 Å². The molecule has 1 fully saturated rings. The van der Waals surface area contributed by atoms with E-state index in [-0.39, 0.29) is 11.8 Å². The van der Waals surface area contributed by atoms with Crippen LogP contribution in [0, 0.1) is 6.92 Å². The van der Waals surface area contributed by atoms with E-state index in [4.69, 9.17) is 21.1 Å². The molecule has 2 aliphatic rings. The van der Waals surface area contributed by atoms with Crippen LogP contribution >= 0.6 is 11.6 Å². The molecule has 162 valence electrons. The van der Waals surface area contributed by atoms with E-state index < -0.39 is 0 Å². The molecule has 31 heavy (non-hydrogen) atoms. The number of morpholine rings is 1. The molecule has 2 aromatic carbocycles. The summed E-state index contributed by atoms with van der Waals surface area (Å²) in [5, 5.41) is 0.560. The van der Waals surface area contributed by atoms with E-state index in [0.29, 0.717) is 60.5 Å². The smallest absolute Gasteiger partial charge is 0.282 e. The minimum Gasteiger partial charge on any atom is -0.494 e. The van der Waals surface area contributed by atoms with Crippen LogP contribution in [0.1, 0.15) is 24.5 Å². The van der Waals surface area contributed by atoms with E-state index in [1.165, 1.54) is 4.90 Å². The molecule has 0 aliphatic carbocycles. The van der Waals surface area contributed by atoms with E-state index in [9.17, 15) is 9.59 Å². The molecule has 2 aliphatic heterocycles. The first kappa shape index (κ1) is 21.4. The molecular weight excluding hydrogens is 416 g/mol. The van der Waals surface area contributed by atoms with Gasteiger partial charge in [-0.1, -0.05) is 30.7 Å². The predicted octanol–water partition coefficient (Wildman–Crippen LogP) is 4.05. The summed E-state index contributed by atoms with van der Waals surface area (Å²) in [5.41, 5.74) is 2.83. The first-order valence-electron chi connectivity index (χ1n) is 10.5. The molecule has 0 saturated carbocycles. The van der Waals surface area contributed by atoms with Gasteiger partial charge in [0.1, 0.15) is 11.4 Å². The lowest BCUT2D eigenvalue weighted by molar-refractivity contribution is -0.121. The van der Waals surface area contributed by atoms with Crippen molar-refractivity contribution < 1.29 is 19.1 Å². The Morgan fingerprint density at radius 3 is 2.39 bits per heavy atom. The largest absolute Gasteiger partial charge is 0.494 e. The number of aryl methyl sites for hydroxylation is 1. The number of halogens is 1. The van der Waals surface area contributed by atoms with Crippen molar-refractivity contribution in [3.63, 3.8) is 0 Å². The maximum absolute atomic E-state index is 13.6. The fourth-order valence-electron chi connectivity index (χ4n) is 3.88. The van der Waals surface area contributed by atoms with E-state index in [1.807, 2.05) is 43.0 Å². The monoisotopic (exact) mass is 440 g/mol. The van der Waals surface area contributed by atoms with Crippen LogP contribution in [0.2, 0.25) is 5.02 Å². The zero-order valence-corrected chi connectivity index (χ0v) is 18.4. The fourth-order valence-corrected chi connectivity index (χ4v) is 4.11. The van der Waals surface area contributed by atoms with Crippen molar-refractivity contribution in [1.82, 2.24) is 4.90 Å². The zero-order chi connectivity index (χ0) is 22.0.